The number of halogens is 1. The van der Waals surface area contributed by atoms with Crippen LogP contribution < -0.4 is 10.5 Å². The monoisotopic (exact) mass is 305 g/mol. The third-order valence-electron chi connectivity index (χ3n) is 2.70. The fraction of sp³-hybridized carbons (Fsp3) is 0.0667. The second-order valence-corrected chi connectivity index (χ2v) is 4.55. The Balaban J connectivity index is 2.19. The first-order chi connectivity index (χ1) is 10.0. The number of benzene rings is 2. The Morgan fingerprint density at radius 3 is 2.43 bits per heavy atom. The summed E-state index contributed by atoms with van der Waals surface area (Å²) in [4.78, 5) is 23.4. The second-order valence-electron chi connectivity index (χ2n) is 4.15. The molecule has 2 aromatic carbocycles. The van der Waals surface area contributed by atoms with Gasteiger partial charge in [-0.05, 0) is 36.4 Å². The molecule has 0 amide bonds. The maximum atomic E-state index is 12.0. The lowest BCUT2D eigenvalue weighted by Gasteiger charge is -2.07. The average molecular weight is 306 g/mol. The Morgan fingerprint density at radius 1 is 1.05 bits per heavy atom. The lowest BCUT2D eigenvalue weighted by molar-refractivity contribution is 0.0597. The summed E-state index contributed by atoms with van der Waals surface area (Å²) in [5, 5.41) is 0.360. The van der Waals surface area contributed by atoms with Crippen LogP contribution in [0.15, 0.2) is 42.5 Å². The summed E-state index contributed by atoms with van der Waals surface area (Å²) in [6, 6.07) is 10.6. The van der Waals surface area contributed by atoms with Gasteiger partial charge in [-0.3, -0.25) is 0 Å². The normalized spacial score (nSPS) is 10.0. The van der Waals surface area contributed by atoms with Crippen LogP contribution in [0.4, 0.5) is 5.69 Å². The molecule has 0 spiro atoms. The van der Waals surface area contributed by atoms with Crippen molar-refractivity contribution in [3.8, 4) is 5.75 Å². The minimum atomic E-state index is -0.597. The van der Waals surface area contributed by atoms with Gasteiger partial charge in [-0.2, -0.15) is 0 Å². The van der Waals surface area contributed by atoms with Crippen molar-refractivity contribution in [2.45, 2.75) is 0 Å². The van der Waals surface area contributed by atoms with Crippen LogP contribution >= 0.6 is 11.6 Å². The molecule has 0 aliphatic carbocycles. The molecular weight excluding hydrogens is 294 g/mol. The molecule has 0 unspecified atom stereocenters. The fourth-order valence-corrected chi connectivity index (χ4v) is 1.76. The van der Waals surface area contributed by atoms with Gasteiger partial charge in [0.2, 0.25) is 0 Å². The Bertz CT molecular complexity index is 700. The minimum Gasteiger partial charge on any atom is -0.465 e. The zero-order valence-corrected chi connectivity index (χ0v) is 11.9. The summed E-state index contributed by atoms with van der Waals surface area (Å²) in [5.74, 6) is -0.875. The predicted molar refractivity (Wildman–Crippen MR) is 78.6 cm³/mol. The fourth-order valence-electron chi connectivity index (χ4n) is 1.64. The molecule has 0 aliphatic heterocycles. The van der Waals surface area contributed by atoms with Gasteiger partial charge in [-0.25, -0.2) is 9.59 Å². The number of carbonyl (C=O) groups excluding carboxylic acids is 2. The third-order valence-corrected chi connectivity index (χ3v) is 3.04. The number of esters is 2. The maximum absolute atomic E-state index is 12.0. The lowest BCUT2D eigenvalue weighted by Crippen LogP contribution is -2.10. The van der Waals surface area contributed by atoms with E-state index in [1.54, 1.807) is 18.2 Å². The van der Waals surface area contributed by atoms with Crippen molar-refractivity contribution < 1.29 is 19.1 Å². The van der Waals surface area contributed by atoms with E-state index in [1.165, 1.54) is 31.4 Å². The first-order valence-corrected chi connectivity index (χ1v) is 6.34. The van der Waals surface area contributed by atoms with Gasteiger partial charge in [0.25, 0.3) is 0 Å². The van der Waals surface area contributed by atoms with E-state index < -0.39 is 11.9 Å². The van der Waals surface area contributed by atoms with Gasteiger partial charge in [0.05, 0.1) is 28.9 Å². The van der Waals surface area contributed by atoms with E-state index in [0.717, 1.165) is 0 Å². The molecule has 0 fully saturated rings. The molecule has 0 saturated heterocycles. The summed E-state index contributed by atoms with van der Waals surface area (Å²) < 4.78 is 9.78. The SMILES string of the molecule is COC(=O)c1cccc(OC(=O)c2ccc(Cl)c(N)c2)c1. The molecule has 2 N–H and O–H groups in total. The van der Waals surface area contributed by atoms with Gasteiger partial charge < -0.3 is 15.2 Å². The first kappa shape index (κ1) is 14.9. The highest BCUT2D eigenvalue weighted by molar-refractivity contribution is 6.33. The molecule has 2 aromatic rings. The quantitative estimate of drug-likeness (QED) is 0.536. The van der Waals surface area contributed by atoms with E-state index in [0.29, 0.717) is 10.6 Å². The zero-order valence-electron chi connectivity index (χ0n) is 11.1. The number of carbonyl (C=O) groups is 2. The molecule has 0 atom stereocenters. The summed E-state index contributed by atoms with van der Waals surface area (Å²) in [7, 11) is 1.28. The Kier molecular flexibility index (Phi) is 4.45. The standard InChI is InChI=1S/C15H12ClNO4/c1-20-14(18)9-3-2-4-11(7-9)21-15(19)10-5-6-12(16)13(17)8-10/h2-8H,17H2,1H3. The maximum Gasteiger partial charge on any atom is 0.343 e. The Labute approximate surface area is 126 Å². The molecule has 0 saturated carbocycles. The van der Waals surface area contributed by atoms with Gasteiger partial charge >= 0.3 is 11.9 Å². The summed E-state index contributed by atoms with van der Waals surface area (Å²) in [6.07, 6.45) is 0. The number of hydrogen-bond donors (Lipinski definition) is 1. The molecule has 108 valence electrons. The number of rotatable bonds is 3. The van der Waals surface area contributed by atoms with E-state index in [-0.39, 0.29) is 17.0 Å². The van der Waals surface area contributed by atoms with Crippen molar-refractivity contribution in [2.24, 2.45) is 0 Å². The van der Waals surface area contributed by atoms with Gasteiger partial charge in [0.15, 0.2) is 0 Å². The van der Waals surface area contributed by atoms with Crippen molar-refractivity contribution in [1.29, 1.82) is 0 Å². The van der Waals surface area contributed by atoms with Crippen LogP contribution in [-0.2, 0) is 4.74 Å². The van der Waals surface area contributed by atoms with E-state index in [9.17, 15) is 9.59 Å². The van der Waals surface area contributed by atoms with Crippen LogP contribution in [0.2, 0.25) is 5.02 Å². The van der Waals surface area contributed by atoms with E-state index in [1.807, 2.05) is 0 Å². The van der Waals surface area contributed by atoms with Crippen LogP contribution in [0.5, 0.6) is 5.75 Å². The van der Waals surface area contributed by atoms with E-state index in [2.05, 4.69) is 4.74 Å². The summed E-state index contributed by atoms with van der Waals surface area (Å²) >= 11 is 5.79. The third kappa shape index (κ3) is 3.52. The summed E-state index contributed by atoms with van der Waals surface area (Å²) in [6.45, 7) is 0. The van der Waals surface area contributed by atoms with Crippen LogP contribution in [0.1, 0.15) is 20.7 Å². The first-order valence-electron chi connectivity index (χ1n) is 5.97. The van der Waals surface area contributed by atoms with Crippen LogP contribution in [0, 0.1) is 0 Å². The van der Waals surface area contributed by atoms with Gasteiger partial charge in [-0.15, -0.1) is 0 Å². The highest BCUT2D eigenvalue weighted by Gasteiger charge is 2.12. The zero-order chi connectivity index (χ0) is 15.4. The van der Waals surface area contributed by atoms with Crippen molar-refractivity contribution in [3.63, 3.8) is 0 Å². The van der Waals surface area contributed by atoms with Crippen LogP contribution in [0.25, 0.3) is 0 Å². The molecule has 2 rings (SSSR count). The number of methoxy groups -OCH3 is 1. The second kappa shape index (κ2) is 6.28. The smallest absolute Gasteiger partial charge is 0.343 e. The Morgan fingerprint density at radius 2 is 1.76 bits per heavy atom. The van der Waals surface area contributed by atoms with E-state index in [4.69, 9.17) is 22.1 Å². The van der Waals surface area contributed by atoms with Crippen molar-refractivity contribution in [1.82, 2.24) is 0 Å². The van der Waals surface area contributed by atoms with Gasteiger partial charge in [-0.1, -0.05) is 17.7 Å². The van der Waals surface area contributed by atoms with Crippen LogP contribution in [-0.4, -0.2) is 19.0 Å². The number of hydrogen-bond acceptors (Lipinski definition) is 5. The lowest BCUT2D eigenvalue weighted by atomic mass is 10.2. The van der Waals surface area contributed by atoms with Crippen molar-refractivity contribution >= 4 is 29.2 Å². The molecule has 5 nitrogen and oxygen atoms in total. The van der Waals surface area contributed by atoms with Gasteiger partial charge in [0, 0.05) is 0 Å². The van der Waals surface area contributed by atoms with Crippen molar-refractivity contribution in [2.75, 3.05) is 12.8 Å². The average Bonchev–Trinajstić information content (AvgIpc) is 2.49. The topological polar surface area (TPSA) is 78.6 Å². The summed E-state index contributed by atoms with van der Waals surface area (Å²) in [5.41, 5.74) is 6.47. The molecule has 0 bridgehead atoms. The number of nitrogen functional groups attached to an aromatic ring is 1. The number of anilines is 1. The molecule has 6 heteroatoms. The minimum absolute atomic E-state index is 0.233. The molecular formula is C15H12ClNO4. The molecule has 0 aromatic heterocycles. The Hall–Kier alpha value is -2.53. The molecule has 0 aliphatic rings. The van der Waals surface area contributed by atoms with Crippen molar-refractivity contribution in [3.05, 3.63) is 58.6 Å². The van der Waals surface area contributed by atoms with E-state index >= 15 is 0 Å². The number of nitrogens with two attached hydrogens (primary N) is 1. The predicted octanol–water partition coefficient (Wildman–Crippen LogP) is 2.93. The highest BCUT2D eigenvalue weighted by Crippen LogP contribution is 2.21. The highest BCUT2D eigenvalue weighted by atomic mass is 35.5. The molecule has 21 heavy (non-hydrogen) atoms. The van der Waals surface area contributed by atoms with Gasteiger partial charge in [0.1, 0.15) is 5.75 Å². The molecule has 0 heterocycles. The number of ether oxygens (including phenoxy) is 2. The van der Waals surface area contributed by atoms with Crippen LogP contribution in [0.3, 0.4) is 0 Å². The largest absolute Gasteiger partial charge is 0.465 e. The molecule has 0 radical (unpaired) electrons.